The van der Waals surface area contributed by atoms with E-state index in [2.05, 4.69) is 10.6 Å². The number of methoxy groups -OCH3 is 1. The quantitative estimate of drug-likeness (QED) is 0.823. The molecule has 2 aromatic rings. The molecule has 118 valence electrons. The van der Waals surface area contributed by atoms with Gasteiger partial charge in [0.15, 0.2) is 11.6 Å². The molecule has 5 nitrogen and oxygen atoms in total. The van der Waals surface area contributed by atoms with Crippen molar-refractivity contribution in [3.05, 3.63) is 53.7 Å². The summed E-state index contributed by atoms with van der Waals surface area (Å²) in [6, 6.07) is 7.86. The lowest BCUT2D eigenvalue weighted by atomic mass is 10.2. The summed E-state index contributed by atoms with van der Waals surface area (Å²) in [7, 11) is 1.42. The Labute approximate surface area is 128 Å². The second-order valence-corrected chi connectivity index (χ2v) is 4.87. The van der Waals surface area contributed by atoms with Crippen LogP contribution in [-0.4, -0.2) is 19.1 Å². The van der Waals surface area contributed by atoms with Gasteiger partial charge in [-0.25, -0.2) is 4.39 Å². The number of halogens is 1. The van der Waals surface area contributed by atoms with Gasteiger partial charge in [0.05, 0.1) is 26.0 Å². The van der Waals surface area contributed by atoms with Crippen LogP contribution in [0.2, 0.25) is 0 Å². The van der Waals surface area contributed by atoms with Crippen molar-refractivity contribution in [2.45, 2.75) is 26.1 Å². The van der Waals surface area contributed by atoms with Crippen molar-refractivity contribution in [3.8, 4) is 5.75 Å². The average molecular weight is 306 g/mol. The normalized spacial score (nSPS) is 12.0. The van der Waals surface area contributed by atoms with Gasteiger partial charge in [0.25, 0.3) is 0 Å². The number of nitrogens with one attached hydrogen (secondary N) is 2. The van der Waals surface area contributed by atoms with Gasteiger partial charge in [0.1, 0.15) is 5.76 Å². The van der Waals surface area contributed by atoms with Crippen molar-refractivity contribution in [3.63, 3.8) is 0 Å². The Hall–Kier alpha value is -2.34. The molecule has 1 aromatic heterocycles. The minimum atomic E-state index is -0.420. The fraction of sp³-hybridized carbons (Fsp3) is 0.312. The molecule has 0 spiro atoms. The number of hydrogen-bond acceptors (Lipinski definition) is 4. The molecule has 0 radical (unpaired) electrons. The Balaban J connectivity index is 1.80. The molecule has 1 heterocycles. The topological polar surface area (TPSA) is 63.5 Å². The van der Waals surface area contributed by atoms with Gasteiger partial charge >= 0.3 is 0 Å². The van der Waals surface area contributed by atoms with Crippen LogP contribution in [0.25, 0.3) is 0 Å². The Morgan fingerprint density at radius 2 is 2.18 bits per heavy atom. The average Bonchev–Trinajstić information content (AvgIpc) is 3.03. The number of furan rings is 1. The van der Waals surface area contributed by atoms with Crippen molar-refractivity contribution < 1.29 is 18.3 Å². The van der Waals surface area contributed by atoms with Gasteiger partial charge in [-0.1, -0.05) is 6.07 Å². The van der Waals surface area contributed by atoms with Crippen molar-refractivity contribution in [1.82, 2.24) is 10.6 Å². The van der Waals surface area contributed by atoms with Crippen molar-refractivity contribution in [2.24, 2.45) is 0 Å². The lowest BCUT2D eigenvalue weighted by molar-refractivity contribution is -0.123. The number of carbonyl (C=O) groups excluding carboxylic acids is 1. The van der Waals surface area contributed by atoms with Crippen LogP contribution in [0.5, 0.6) is 5.75 Å². The minimum absolute atomic E-state index is 0.148. The highest BCUT2D eigenvalue weighted by Crippen LogP contribution is 2.17. The zero-order chi connectivity index (χ0) is 15.9. The summed E-state index contributed by atoms with van der Waals surface area (Å²) in [6.07, 6.45) is 1.56. The predicted molar refractivity (Wildman–Crippen MR) is 79.8 cm³/mol. The zero-order valence-corrected chi connectivity index (χ0v) is 12.6. The summed E-state index contributed by atoms with van der Waals surface area (Å²) < 4.78 is 23.6. The van der Waals surface area contributed by atoms with Gasteiger partial charge in [-0.2, -0.15) is 0 Å². The molecule has 22 heavy (non-hydrogen) atoms. The van der Waals surface area contributed by atoms with Crippen LogP contribution in [0.4, 0.5) is 4.39 Å². The summed E-state index contributed by atoms with van der Waals surface area (Å²) in [4.78, 5) is 11.9. The van der Waals surface area contributed by atoms with Crippen molar-refractivity contribution in [2.75, 3.05) is 7.11 Å². The monoisotopic (exact) mass is 306 g/mol. The molecule has 0 aliphatic carbocycles. The third-order valence-corrected chi connectivity index (χ3v) is 3.24. The SMILES string of the molecule is COc1ccc(CNC(C)C(=O)NCc2ccco2)cc1F. The first kappa shape index (κ1) is 16.0. The van der Waals surface area contributed by atoms with Gasteiger partial charge in [-0.05, 0) is 36.8 Å². The molecular weight excluding hydrogens is 287 g/mol. The van der Waals surface area contributed by atoms with Gasteiger partial charge in [-0.15, -0.1) is 0 Å². The van der Waals surface area contributed by atoms with Crippen molar-refractivity contribution in [1.29, 1.82) is 0 Å². The summed E-state index contributed by atoms with van der Waals surface area (Å²) in [5, 5.41) is 5.80. The maximum absolute atomic E-state index is 13.6. The van der Waals surface area contributed by atoms with E-state index in [-0.39, 0.29) is 11.7 Å². The first-order valence-corrected chi connectivity index (χ1v) is 6.96. The number of carbonyl (C=O) groups is 1. The number of rotatable bonds is 7. The second kappa shape index (κ2) is 7.61. The molecule has 0 saturated heterocycles. The smallest absolute Gasteiger partial charge is 0.237 e. The van der Waals surface area contributed by atoms with Crippen LogP contribution in [0.15, 0.2) is 41.0 Å². The lowest BCUT2D eigenvalue weighted by Crippen LogP contribution is -2.41. The van der Waals surface area contributed by atoms with Crippen molar-refractivity contribution >= 4 is 5.91 Å². The molecule has 1 atom stereocenters. The maximum Gasteiger partial charge on any atom is 0.237 e. The Morgan fingerprint density at radius 3 is 2.82 bits per heavy atom. The second-order valence-electron chi connectivity index (χ2n) is 4.87. The van der Waals surface area contributed by atoms with Crippen LogP contribution in [-0.2, 0) is 17.9 Å². The highest BCUT2D eigenvalue weighted by molar-refractivity contribution is 5.81. The molecule has 1 unspecified atom stereocenters. The van der Waals surface area contributed by atoms with Gasteiger partial charge < -0.3 is 19.8 Å². The summed E-state index contributed by atoms with van der Waals surface area (Å²) >= 11 is 0. The summed E-state index contributed by atoms with van der Waals surface area (Å²) in [6.45, 7) is 2.47. The van der Waals surface area contributed by atoms with Crippen LogP contribution >= 0.6 is 0 Å². The Morgan fingerprint density at radius 1 is 1.36 bits per heavy atom. The standard InChI is InChI=1S/C16H19FN2O3/c1-11(16(20)19-10-13-4-3-7-22-13)18-9-12-5-6-15(21-2)14(17)8-12/h3-8,11,18H,9-10H2,1-2H3,(H,19,20). The third-order valence-electron chi connectivity index (χ3n) is 3.24. The lowest BCUT2D eigenvalue weighted by Gasteiger charge is -2.14. The van der Waals surface area contributed by atoms with E-state index in [9.17, 15) is 9.18 Å². The summed E-state index contributed by atoms with van der Waals surface area (Å²) in [5.74, 6) is 0.327. The van der Waals surface area contributed by atoms with E-state index in [0.29, 0.717) is 18.8 Å². The van der Waals surface area contributed by atoms with Crippen LogP contribution in [0.3, 0.4) is 0 Å². The van der Waals surface area contributed by atoms with E-state index in [1.54, 1.807) is 37.5 Å². The Kier molecular flexibility index (Phi) is 5.55. The first-order chi connectivity index (χ1) is 10.6. The van der Waals surface area contributed by atoms with E-state index in [1.807, 2.05) is 0 Å². The highest BCUT2D eigenvalue weighted by atomic mass is 19.1. The van der Waals surface area contributed by atoms with Gasteiger partial charge in [-0.3, -0.25) is 4.79 Å². The zero-order valence-electron chi connectivity index (χ0n) is 12.6. The molecule has 0 aliphatic heterocycles. The minimum Gasteiger partial charge on any atom is -0.494 e. The molecule has 2 rings (SSSR count). The number of amides is 1. The molecule has 0 aliphatic rings. The largest absolute Gasteiger partial charge is 0.494 e. The molecule has 6 heteroatoms. The van der Waals surface area contributed by atoms with E-state index >= 15 is 0 Å². The van der Waals surface area contributed by atoms with E-state index in [0.717, 1.165) is 5.56 Å². The Bertz CT molecular complexity index is 614. The van der Waals surface area contributed by atoms with Gasteiger partial charge in [0.2, 0.25) is 5.91 Å². The molecule has 0 fully saturated rings. The molecule has 1 amide bonds. The van der Waals surface area contributed by atoms with Crippen LogP contribution in [0, 0.1) is 5.82 Å². The number of hydrogen-bond donors (Lipinski definition) is 2. The first-order valence-electron chi connectivity index (χ1n) is 6.96. The van der Waals surface area contributed by atoms with Crippen LogP contribution in [0.1, 0.15) is 18.2 Å². The predicted octanol–water partition coefficient (Wildman–Crippen LogP) is 2.22. The molecule has 2 N–H and O–H groups in total. The van der Waals surface area contributed by atoms with Crippen LogP contribution < -0.4 is 15.4 Å². The van der Waals surface area contributed by atoms with E-state index in [4.69, 9.17) is 9.15 Å². The third kappa shape index (κ3) is 4.33. The highest BCUT2D eigenvalue weighted by Gasteiger charge is 2.12. The van der Waals surface area contributed by atoms with E-state index in [1.165, 1.54) is 13.2 Å². The fourth-order valence-electron chi connectivity index (χ4n) is 1.92. The number of benzene rings is 1. The van der Waals surface area contributed by atoms with Gasteiger partial charge in [0, 0.05) is 6.54 Å². The fourth-order valence-corrected chi connectivity index (χ4v) is 1.92. The maximum atomic E-state index is 13.6. The molecule has 0 saturated carbocycles. The van der Waals surface area contributed by atoms with E-state index < -0.39 is 11.9 Å². The summed E-state index contributed by atoms with van der Waals surface area (Å²) in [5.41, 5.74) is 0.740. The molecule has 1 aromatic carbocycles. The molecular formula is C16H19FN2O3. The molecule has 0 bridgehead atoms. The number of ether oxygens (including phenoxy) is 1.